The molecule has 1 atom stereocenters. The third kappa shape index (κ3) is 2.73. The van der Waals surface area contributed by atoms with E-state index in [1.807, 2.05) is 9.97 Å². The van der Waals surface area contributed by atoms with Crippen LogP contribution in [-0.4, -0.2) is 20.5 Å². The lowest BCUT2D eigenvalue weighted by Gasteiger charge is -2.14. The van der Waals surface area contributed by atoms with E-state index in [1.165, 1.54) is 6.92 Å². The molecule has 0 fully saturated rings. The highest BCUT2D eigenvalue weighted by molar-refractivity contribution is 5.87. The van der Waals surface area contributed by atoms with Crippen molar-refractivity contribution < 1.29 is 9.53 Å². The van der Waals surface area contributed by atoms with Gasteiger partial charge in [-0.3, -0.25) is 9.97 Å². The molecule has 8 nitrogen and oxygen atoms in total. The molecule has 1 aromatic heterocycles. The number of H-pyrrole nitrogens is 2. The molecular weight excluding hydrogens is 242 g/mol. The minimum Gasteiger partial charge on any atom is -0.434 e. The largest absolute Gasteiger partial charge is 0.434 e. The van der Waals surface area contributed by atoms with E-state index in [-0.39, 0.29) is 5.57 Å². The fraction of sp³-hybridized carbons (Fsp3) is 0.200. The van der Waals surface area contributed by atoms with Gasteiger partial charge in [0, 0.05) is 5.57 Å². The summed E-state index contributed by atoms with van der Waals surface area (Å²) in [6.07, 6.45) is -0.266. The molecule has 0 saturated carbocycles. The number of carbonyl (C=O) groups is 1. The van der Waals surface area contributed by atoms with Crippen molar-refractivity contribution in [2.45, 2.75) is 13.2 Å². The summed E-state index contributed by atoms with van der Waals surface area (Å²) in [5.74, 6) is -0.794. The van der Waals surface area contributed by atoms with Gasteiger partial charge < -0.3 is 4.74 Å². The fourth-order valence-electron chi connectivity index (χ4n) is 1.09. The molecular formula is C10H11N3O5. The predicted octanol–water partition coefficient (Wildman–Crippen LogP) is -0.971. The van der Waals surface area contributed by atoms with Gasteiger partial charge in [-0.2, -0.15) is 0 Å². The summed E-state index contributed by atoms with van der Waals surface area (Å²) in [6.45, 7) is 8.10. The molecule has 0 spiro atoms. The second-order valence-corrected chi connectivity index (χ2v) is 3.37. The smallest absolute Gasteiger partial charge is 0.336 e. The van der Waals surface area contributed by atoms with Gasteiger partial charge >= 0.3 is 23.0 Å². The maximum absolute atomic E-state index is 11.4. The number of hydrogen-bond donors (Lipinski definition) is 2. The minimum absolute atomic E-state index is 0.0933. The van der Waals surface area contributed by atoms with Gasteiger partial charge in [0.1, 0.15) is 0 Å². The predicted molar refractivity (Wildman–Crippen MR) is 62.1 cm³/mol. The Balaban J connectivity index is 3.27. The standard InChI is InChI=1S/C10H11N3O5/c1-4-6(18-7(14)5(2)3)13-9(16)11-8(15)12-10(13)17/h4,6H,1-2H2,3H3,(H2,11,12,15,16,17). The zero-order chi connectivity index (χ0) is 13.9. The molecule has 1 unspecified atom stereocenters. The van der Waals surface area contributed by atoms with Crippen LogP contribution in [0.25, 0.3) is 0 Å². The number of carbonyl (C=O) groups excluding carboxylic acids is 1. The van der Waals surface area contributed by atoms with Gasteiger partial charge in [0.25, 0.3) is 0 Å². The quantitative estimate of drug-likeness (QED) is 0.407. The first-order valence-corrected chi connectivity index (χ1v) is 4.81. The lowest BCUT2D eigenvalue weighted by atomic mass is 10.3. The lowest BCUT2D eigenvalue weighted by Crippen LogP contribution is -2.45. The van der Waals surface area contributed by atoms with Crippen molar-refractivity contribution in [1.29, 1.82) is 0 Å². The third-order valence-corrected chi connectivity index (χ3v) is 1.91. The fourth-order valence-corrected chi connectivity index (χ4v) is 1.09. The highest BCUT2D eigenvalue weighted by atomic mass is 16.6. The zero-order valence-electron chi connectivity index (χ0n) is 9.56. The van der Waals surface area contributed by atoms with Crippen molar-refractivity contribution in [3.05, 3.63) is 56.3 Å². The molecule has 0 aliphatic rings. The van der Waals surface area contributed by atoms with Gasteiger partial charge in [-0.15, -0.1) is 0 Å². The van der Waals surface area contributed by atoms with Gasteiger partial charge in [-0.1, -0.05) is 13.2 Å². The lowest BCUT2D eigenvalue weighted by molar-refractivity contribution is -0.146. The second kappa shape index (κ2) is 5.13. The van der Waals surface area contributed by atoms with Crippen molar-refractivity contribution in [2.75, 3.05) is 0 Å². The topological polar surface area (TPSA) is 114 Å². The van der Waals surface area contributed by atoms with Crippen LogP contribution in [0.3, 0.4) is 0 Å². The molecule has 0 bridgehead atoms. The highest BCUT2D eigenvalue weighted by Gasteiger charge is 2.17. The Bertz CT molecular complexity index is 629. The van der Waals surface area contributed by atoms with Crippen LogP contribution in [-0.2, 0) is 9.53 Å². The Morgan fingerprint density at radius 2 is 1.83 bits per heavy atom. The van der Waals surface area contributed by atoms with Crippen LogP contribution < -0.4 is 17.1 Å². The Morgan fingerprint density at radius 3 is 2.22 bits per heavy atom. The first kappa shape index (κ1) is 13.4. The number of aromatic nitrogens is 3. The Labute approximate surface area is 100 Å². The summed E-state index contributed by atoms with van der Waals surface area (Å²) in [6, 6.07) is 0. The molecule has 1 rings (SSSR count). The number of rotatable bonds is 4. The number of esters is 1. The van der Waals surface area contributed by atoms with E-state index >= 15 is 0 Å². The maximum atomic E-state index is 11.4. The molecule has 18 heavy (non-hydrogen) atoms. The number of aromatic amines is 2. The molecule has 0 amide bonds. The number of ether oxygens (including phenoxy) is 1. The summed E-state index contributed by atoms with van der Waals surface area (Å²) in [5, 5.41) is 0. The Morgan fingerprint density at radius 1 is 1.33 bits per heavy atom. The van der Waals surface area contributed by atoms with Gasteiger partial charge in [0.05, 0.1) is 0 Å². The van der Waals surface area contributed by atoms with Gasteiger partial charge in [-0.05, 0) is 13.0 Å². The van der Waals surface area contributed by atoms with Crippen molar-refractivity contribution in [2.24, 2.45) is 0 Å². The van der Waals surface area contributed by atoms with E-state index in [0.717, 1.165) is 6.08 Å². The Hall–Kier alpha value is -2.64. The molecule has 1 aromatic rings. The van der Waals surface area contributed by atoms with E-state index in [2.05, 4.69) is 13.2 Å². The van der Waals surface area contributed by atoms with Crippen LogP contribution >= 0.6 is 0 Å². The molecule has 0 radical (unpaired) electrons. The average Bonchev–Trinajstić information content (AvgIpc) is 2.25. The first-order valence-electron chi connectivity index (χ1n) is 4.81. The van der Waals surface area contributed by atoms with E-state index in [0.29, 0.717) is 4.57 Å². The second-order valence-electron chi connectivity index (χ2n) is 3.37. The van der Waals surface area contributed by atoms with Crippen LogP contribution in [0, 0.1) is 0 Å². The van der Waals surface area contributed by atoms with Gasteiger partial charge in [-0.25, -0.2) is 23.7 Å². The van der Waals surface area contributed by atoms with Crippen LogP contribution in [0.1, 0.15) is 13.2 Å². The number of nitrogens with one attached hydrogen (secondary N) is 2. The summed E-state index contributed by atoms with van der Waals surface area (Å²) in [7, 11) is 0. The SMILES string of the molecule is C=CC(OC(=O)C(=C)C)n1c(=O)[nH]c(=O)[nH]c1=O. The molecule has 0 saturated heterocycles. The average molecular weight is 253 g/mol. The molecule has 0 aliphatic carbocycles. The van der Waals surface area contributed by atoms with E-state index in [9.17, 15) is 19.2 Å². The Kier molecular flexibility index (Phi) is 3.82. The third-order valence-electron chi connectivity index (χ3n) is 1.91. The monoisotopic (exact) mass is 253 g/mol. The van der Waals surface area contributed by atoms with Crippen molar-refractivity contribution >= 4 is 5.97 Å². The van der Waals surface area contributed by atoms with Gasteiger partial charge in [0.2, 0.25) is 6.23 Å². The summed E-state index contributed by atoms with van der Waals surface area (Å²) < 4.78 is 5.32. The maximum Gasteiger partial charge on any atom is 0.336 e. The van der Waals surface area contributed by atoms with Crippen LogP contribution in [0.2, 0.25) is 0 Å². The zero-order valence-corrected chi connectivity index (χ0v) is 9.56. The van der Waals surface area contributed by atoms with E-state index < -0.39 is 29.3 Å². The molecule has 8 heteroatoms. The van der Waals surface area contributed by atoms with Crippen LogP contribution in [0.5, 0.6) is 0 Å². The van der Waals surface area contributed by atoms with E-state index in [4.69, 9.17) is 4.74 Å². The molecule has 1 heterocycles. The van der Waals surface area contributed by atoms with Crippen molar-refractivity contribution in [3.63, 3.8) is 0 Å². The normalized spacial score (nSPS) is 11.6. The van der Waals surface area contributed by atoms with Crippen molar-refractivity contribution in [1.82, 2.24) is 14.5 Å². The molecule has 0 aromatic carbocycles. The van der Waals surface area contributed by atoms with Crippen LogP contribution in [0.4, 0.5) is 0 Å². The molecule has 2 N–H and O–H groups in total. The molecule has 96 valence electrons. The summed E-state index contributed by atoms with van der Waals surface area (Å²) in [5.41, 5.74) is -2.88. The van der Waals surface area contributed by atoms with Crippen LogP contribution in [0.15, 0.2) is 39.2 Å². The van der Waals surface area contributed by atoms with E-state index in [1.54, 1.807) is 0 Å². The number of hydrogen-bond acceptors (Lipinski definition) is 5. The van der Waals surface area contributed by atoms with Gasteiger partial charge in [0.15, 0.2) is 0 Å². The highest BCUT2D eigenvalue weighted by Crippen LogP contribution is 2.06. The summed E-state index contributed by atoms with van der Waals surface area (Å²) in [4.78, 5) is 48.7. The van der Waals surface area contributed by atoms with Crippen molar-refractivity contribution in [3.8, 4) is 0 Å². The number of nitrogens with zero attached hydrogens (tertiary/aromatic N) is 1. The minimum atomic E-state index is -1.33. The molecule has 0 aliphatic heterocycles. The summed E-state index contributed by atoms with van der Waals surface area (Å²) >= 11 is 0. The first-order chi connectivity index (χ1) is 8.36.